The molecule has 174 valence electrons. The minimum atomic E-state index is 0.0992. The number of aryl methyl sites for hydroxylation is 3. The van der Waals surface area contributed by atoms with Crippen LogP contribution < -0.4 is 0 Å². The number of rotatable bonds is 5. The first-order chi connectivity index (χ1) is 16.5. The fourth-order valence-corrected chi connectivity index (χ4v) is 4.82. The molecule has 0 atom stereocenters. The van der Waals surface area contributed by atoms with Gasteiger partial charge >= 0.3 is 0 Å². The van der Waals surface area contributed by atoms with Crippen LogP contribution in [0.15, 0.2) is 60.8 Å². The van der Waals surface area contributed by atoms with E-state index in [1.807, 2.05) is 24.1 Å². The number of piperazine rings is 1. The fourth-order valence-electron chi connectivity index (χ4n) is 4.82. The van der Waals surface area contributed by atoms with E-state index in [9.17, 15) is 4.79 Å². The SMILES string of the molecule is Cc1ccc(-c2ccnc3c2c(C)nn3CC(=O)N2CCN(Cc3cccc(C)c3)CC2)cc1. The first kappa shape index (κ1) is 22.3. The number of benzene rings is 2. The third kappa shape index (κ3) is 4.59. The number of hydrogen-bond acceptors (Lipinski definition) is 4. The molecule has 1 aliphatic rings. The van der Waals surface area contributed by atoms with Crippen molar-refractivity contribution < 1.29 is 4.79 Å². The topological polar surface area (TPSA) is 54.3 Å². The summed E-state index contributed by atoms with van der Waals surface area (Å²) in [6, 6.07) is 19.2. The van der Waals surface area contributed by atoms with Gasteiger partial charge in [-0.3, -0.25) is 9.69 Å². The summed E-state index contributed by atoms with van der Waals surface area (Å²) >= 11 is 0. The molecule has 1 aliphatic heterocycles. The number of hydrogen-bond donors (Lipinski definition) is 0. The third-order valence-corrected chi connectivity index (χ3v) is 6.67. The van der Waals surface area contributed by atoms with Crippen molar-refractivity contribution in [3.63, 3.8) is 0 Å². The van der Waals surface area contributed by atoms with Crippen molar-refractivity contribution in [2.45, 2.75) is 33.9 Å². The zero-order valence-corrected chi connectivity index (χ0v) is 20.2. The Morgan fingerprint density at radius 3 is 2.41 bits per heavy atom. The maximum atomic E-state index is 13.1. The van der Waals surface area contributed by atoms with Crippen LogP contribution in [0.3, 0.4) is 0 Å². The van der Waals surface area contributed by atoms with Crippen molar-refractivity contribution in [1.82, 2.24) is 24.6 Å². The Labute approximate surface area is 200 Å². The molecule has 0 spiro atoms. The second-order valence-electron chi connectivity index (χ2n) is 9.31. The lowest BCUT2D eigenvalue weighted by molar-refractivity contribution is -0.133. The van der Waals surface area contributed by atoms with Gasteiger partial charge in [0.2, 0.25) is 5.91 Å². The molecule has 0 aliphatic carbocycles. The molecule has 0 saturated carbocycles. The Morgan fingerprint density at radius 2 is 1.68 bits per heavy atom. The van der Waals surface area contributed by atoms with Gasteiger partial charge in [-0.2, -0.15) is 5.10 Å². The molecule has 1 saturated heterocycles. The zero-order valence-electron chi connectivity index (χ0n) is 20.2. The average molecular weight is 454 g/mol. The van der Waals surface area contributed by atoms with Crippen molar-refractivity contribution in [2.75, 3.05) is 26.2 Å². The van der Waals surface area contributed by atoms with Crippen LogP contribution in [-0.2, 0) is 17.9 Å². The van der Waals surface area contributed by atoms with E-state index < -0.39 is 0 Å². The minimum absolute atomic E-state index is 0.0992. The quantitative estimate of drug-likeness (QED) is 0.450. The van der Waals surface area contributed by atoms with Gasteiger partial charge in [-0.25, -0.2) is 9.67 Å². The second kappa shape index (κ2) is 9.39. The Hall–Kier alpha value is -3.51. The highest BCUT2D eigenvalue weighted by Crippen LogP contribution is 2.30. The molecule has 6 heteroatoms. The van der Waals surface area contributed by atoms with Crippen LogP contribution in [0.5, 0.6) is 0 Å². The van der Waals surface area contributed by atoms with E-state index in [-0.39, 0.29) is 12.5 Å². The molecule has 0 radical (unpaired) electrons. The highest BCUT2D eigenvalue weighted by molar-refractivity contribution is 5.95. The smallest absolute Gasteiger partial charge is 0.244 e. The van der Waals surface area contributed by atoms with Gasteiger partial charge in [0.25, 0.3) is 0 Å². The molecule has 0 bridgehead atoms. The molecule has 6 nitrogen and oxygen atoms in total. The summed E-state index contributed by atoms with van der Waals surface area (Å²) in [5.41, 5.74) is 7.74. The van der Waals surface area contributed by atoms with E-state index in [0.29, 0.717) is 0 Å². The minimum Gasteiger partial charge on any atom is -0.339 e. The molecule has 3 heterocycles. The van der Waals surface area contributed by atoms with Crippen LogP contribution in [0.2, 0.25) is 0 Å². The highest BCUT2D eigenvalue weighted by atomic mass is 16.2. The van der Waals surface area contributed by atoms with E-state index in [4.69, 9.17) is 5.10 Å². The number of pyridine rings is 1. The molecule has 1 amide bonds. The van der Waals surface area contributed by atoms with Crippen molar-refractivity contribution in [1.29, 1.82) is 0 Å². The molecule has 4 aromatic rings. The molecule has 2 aromatic carbocycles. The number of nitrogens with zero attached hydrogens (tertiary/aromatic N) is 5. The van der Waals surface area contributed by atoms with Gasteiger partial charge in [0, 0.05) is 44.3 Å². The molecule has 0 unspecified atom stereocenters. The van der Waals surface area contributed by atoms with Crippen LogP contribution in [0.4, 0.5) is 0 Å². The van der Waals surface area contributed by atoms with Crippen LogP contribution in [0, 0.1) is 20.8 Å². The lowest BCUT2D eigenvalue weighted by Gasteiger charge is -2.34. The van der Waals surface area contributed by atoms with Gasteiger partial charge in [0.15, 0.2) is 5.65 Å². The summed E-state index contributed by atoms with van der Waals surface area (Å²) in [5.74, 6) is 0.0992. The Kier molecular flexibility index (Phi) is 6.16. The van der Waals surface area contributed by atoms with Gasteiger partial charge < -0.3 is 4.90 Å². The van der Waals surface area contributed by atoms with Crippen LogP contribution in [0.1, 0.15) is 22.4 Å². The van der Waals surface area contributed by atoms with Crippen LogP contribution in [0.25, 0.3) is 22.2 Å². The number of carbonyl (C=O) groups is 1. The summed E-state index contributed by atoms with van der Waals surface area (Å²) in [6.07, 6.45) is 1.81. The number of amides is 1. The van der Waals surface area contributed by atoms with E-state index in [0.717, 1.165) is 60.6 Å². The van der Waals surface area contributed by atoms with E-state index in [1.54, 1.807) is 4.68 Å². The van der Waals surface area contributed by atoms with Gasteiger partial charge in [-0.05, 0) is 43.5 Å². The van der Waals surface area contributed by atoms with Crippen molar-refractivity contribution in [3.8, 4) is 11.1 Å². The van der Waals surface area contributed by atoms with Gasteiger partial charge in [0.05, 0.1) is 5.69 Å². The van der Waals surface area contributed by atoms with Crippen molar-refractivity contribution >= 4 is 16.9 Å². The van der Waals surface area contributed by atoms with Crippen molar-refractivity contribution in [2.24, 2.45) is 0 Å². The summed E-state index contributed by atoms with van der Waals surface area (Å²) in [7, 11) is 0. The Bertz CT molecular complexity index is 1320. The summed E-state index contributed by atoms with van der Waals surface area (Å²) in [6.45, 7) is 10.6. The number of carbonyl (C=O) groups excluding carboxylic acids is 1. The normalized spacial score (nSPS) is 14.6. The summed E-state index contributed by atoms with van der Waals surface area (Å²) in [5, 5.41) is 5.72. The van der Waals surface area contributed by atoms with Crippen LogP contribution >= 0.6 is 0 Å². The standard InChI is InChI=1S/C28H31N5O/c1-20-7-9-24(10-8-20)25-11-12-29-28-27(25)22(3)30-33(28)19-26(34)32-15-13-31(14-16-32)18-23-6-4-5-21(2)17-23/h4-12,17H,13-16,18-19H2,1-3H3. The Balaban J connectivity index is 1.28. The summed E-state index contributed by atoms with van der Waals surface area (Å²) in [4.78, 5) is 22.1. The average Bonchev–Trinajstić information content (AvgIpc) is 3.15. The predicted octanol–water partition coefficient (Wildman–Crippen LogP) is 4.37. The lowest BCUT2D eigenvalue weighted by Crippen LogP contribution is -2.49. The van der Waals surface area contributed by atoms with Crippen LogP contribution in [-0.4, -0.2) is 56.7 Å². The maximum Gasteiger partial charge on any atom is 0.244 e. The molecule has 34 heavy (non-hydrogen) atoms. The van der Waals surface area contributed by atoms with Gasteiger partial charge in [-0.15, -0.1) is 0 Å². The second-order valence-corrected chi connectivity index (χ2v) is 9.31. The Morgan fingerprint density at radius 1 is 0.912 bits per heavy atom. The van der Waals surface area contributed by atoms with Crippen molar-refractivity contribution in [3.05, 3.63) is 83.2 Å². The molecular formula is C28H31N5O. The van der Waals surface area contributed by atoms with Gasteiger partial charge in [-0.1, -0.05) is 59.7 Å². The molecule has 1 fully saturated rings. The molecular weight excluding hydrogens is 422 g/mol. The number of fused-ring (bicyclic) bond motifs is 1. The molecule has 0 N–H and O–H groups in total. The van der Waals surface area contributed by atoms with E-state index in [1.165, 1.54) is 16.7 Å². The molecule has 5 rings (SSSR count). The first-order valence-corrected chi connectivity index (χ1v) is 11.9. The summed E-state index contributed by atoms with van der Waals surface area (Å²) < 4.78 is 1.77. The first-order valence-electron chi connectivity index (χ1n) is 11.9. The maximum absolute atomic E-state index is 13.1. The zero-order chi connectivity index (χ0) is 23.7. The lowest BCUT2D eigenvalue weighted by atomic mass is 10.0. The largest absolute Gasteiger partial charge is 0.339 e. The number of aromatic nitrogens is 3. The fraction of sp³-hybridized carbons (Fsp3) is 0.321. The molecule has 2 aromatic heterocycles. The van der Waals surface area contributed by atoms with E-state index in [2.05, 4.69) is 72.3 Å². The third-order valence-electron chi connectivity index (χ3n) is 6.67. The van der Waals surface area contributed by atoms with E-state index >= 15 is 0 Å². The highest BCUT2D eigenvalue weighted by Gasteiger charge is 2.23. The van der Waals surface area contributed by atoms with Gasteiger partial charge in [0.1, 0.15) is 6.54 Å². The monoisotopic (exact) mass is 453 g/mol. The predicted molar refractivity (Wildman–Crippen MR) is 135 cm³/mol.